The number of rotatable bonds is 3. The fourth-order valence-corrected chi connectivity index (χ4v) is 3.51. The number of sulfonamides is 1. The van der Waals surface area contributed by atoms with Crippen LogP contribution in [0.4, 0.5) is 5.95 Å². The van der Waals surface area contributed by atoms with Crippen LogP contribution < -0.4 is 4.72 Å². The van der Waals surface area contributed by atoms with Crippen LogP contribution in [0.2, 0.25) is 0 Å². The second-order valence-corrected chi connectivity index (χ2v) is 6.66. The Hall–Kier alpha value is -1.95. The Labute approximate surface area is 118 Å². The van der Waals surface area contributed by atoms with E-state index in [0.29, 0.717) is 5.92 Å². The number of benzene rings is 1. The highest BCUT2D eigenvalue weighted by molar-refractivity contribution is 7.92. The summed E-state index contributed by atoms with van der Waals surface area (Å²) < 4.78 is 27.0. The number of nitrogens with one attached hydrogen (secondary N) is 1. The molecule has 0 unspecified atom stereocenters. The predicted octanol–water partition coefficient (Wildman–Crippen LogP) is 2.33. The Morgan fingerprint density at radius 3 is 2.75 bits per heavy atom. The molecule has 0 saturated carbocycles. The van der Waals surface area contributed by atoms with Crippen molar-refractivity contribution in [1.29, 1.82) is 0 Å². The minimum absolute atomic E-state index is 0.0846. The summed E-state index contributed by atoms with van der Waals surface area (Å²) >= 11 is 0. The van der Waals surface area contributed by atoms with Gasteiger partial charge in [-0.15, -0.1) is 0 Å². The lowest BCUT2D eigenvalue weighted by Gasteiger charge is -2.09. The van der Waals surface area contributed by atoms with E-state index in [2.05, 4.69) is 21.6 Å². The molecule has 20 heavy (non-hydrogen) atoms. The summed E-state index contributed by atoms with van der Waals surface area (Å²) in [6, 6.07) is 6.94. The van der Waals surface area contributed by atoms with Gasteiger partial charge in [-0.05, 0) is 48.1 Å². The first kappa shape index (κ1) is 13.1. The lowest BCUT2D eigenvalue weighted by atomic mass is 10.0. The largest absolute Gasteiger partial charge is 0.264 e. The summed E-state index contributed by atoms with van der Waals surface area (Å²) in [7, 11) is -3.63. The number of aromatic nitrogens is 2. The molecule has 3 rings (SSSR count). The molecule has 2 aromatic rings. The number of hydrogen-bond acceptors (Lipinski definition) is 4. The van der Waals surface area contributed by atoms with Crippen LogP contribution in [0.5, 0.6) is 0 Å². The summed E-state index contributed by atoms with van der Waals surface area (Å²) in [6.45, 7) is 2.16. The van der Waals surface area contributed by atoms with E-state index < -0.39 is 10.0 Å². The van der Waals surface area contributed by atoms with E-state index in [4.69, 9.17) is 0 Å². The van der Waals surface area contributed by atoms with Crippen LogP contribution in [0.1, 0.15) is 30.4 Å². The lowest BCUT2D eigenvalue weighted by Crippen LogP contribution is -2.15. The summed E-state index contributed by atoms with van der Waals surface area (Å²) in [4.78, 5) is 8.01. The molecule has 1 aromatic carbocycles. The van der Waals surface area contributed by atoms with Crippen LogP contribution in [-0.2, 0) is 16.4 Å². The first-order chi connectivity index (χ1) is 9.56. The summed E-state index contributed by atoms with van der Waals surface area (Å²) in [5.74, 6) is 0.591. The van der Waals surface area contributed by atoms with Crippen LogP contribution in [-0.4, -0.2) is 18.4 Å². The van der Waals surface area contributed by atoms with Crippen LogP contribution in [0.15, 0.2) is 41.6 Å². The maximum atomic E-state index is 12.3. The average molecular weight is 289 g/mol. The smallest absolute Gasteiger partial charge is 0.247 e. The predicted molar refractivity (Wildman–Crippen MR) is 76.0 cm³/mol. The van der Waals surface area contributed by atoms with Gasteiger partial charge in [-0.3, -0.25) is 0 Å². The van der Waals surface area contributed by atoms with Crippen molar-refractivity contribution in [3.63, 3.8) is 0 Å². The maximum absolute atomic E-state index is 12.3. The van der Waals surface area contributed by atoms with E-state index in [9.17, 15) is 8.42 Å². The van der Waals surface area contributed by atoms with Crippen molar-refractivity contribution in [1.82, 2.24) is 9.97 Å². The first-order valence-corrected chi connectivity index (χ1v) is 7.97. The van der Waals surface area contributed by atoms with Crippen molar-refractivity contribution >= 4 is 16.0 Å². The summed E-state index contributed by atoms with van der Waals surface area (Å²) in [5, 5.41) is 0. The molecular formula is C14H15N3O2S. The molecule has 1 aliphatic rings. The van der Waals surface area contributed by atoms with Gasteiger partial charge in [-0.1, -0.05) is 13.0 Å². The molecule has 1 N–H and O–H groups in total. The highest BCUT2D eigenvalue weighted by atomic mass is 32.2. The molecule has 0 amide bonds. The van der Waals surface area contributed by atoms with Crippen molar-refractivity contribution < 1.29 is 8.42 Å². The number of nitrogens with zero attached hydrogens (tertiary/aromatic N) is 2. The van der Waals surface area contributed by atoms with E-state index >= 15 is 0 Å². The zero-order chi connectivity index (χ0) is 14.2. The molecule has 6 heteroatoms. The molecule has 104 valence electrons. The number of aryl methyl sites for hydroxylation is 1. The first-order valence-electron chi connectivity index (χ1n) is 6.49. The second-order valence-electron chi connectivity index (χ2n) is 4.98. The van der Waals surface area contributed by atoms with Crippen LogP contribution in [0, 0.1) is 0 Å². The summed E-state index contributed by atoms with van der Waals surface area (Å²) in [6.07, 6.45) is 5.00. The minimum atomic E-state index is -3.63. The molecule has 5 nitrogen and oxygen atoms in total. The normalized spacial score (nSPS) is 17.8. The molecular weight excluding hydrogens is 274 g/mol. The molecule has 0 saturated heterocycles. The van der Waals surface area contributed by atoms with Crippen molar-refractivity contribution in [3.8, 4) is 0 Å². The average Bonchev–Trinajstić information content (AvgIpc) is 2.81. The Kier molecular flexibility index (Phi) is 3.17. The van der Waals surface area contributed by atoms with E-state index in [1.54, 1.807) is 18.2 Å². The molecule has 0 spiro atoms. The molecule has 1 atom stereocenters. The van der Waals surface area contributed by atoms with Gasteiger partial charge in [0.2, 0.25) is 5.95 Å². The summed E-state index contributed by atoms with van der Waals surface area (Å²) in [5.41, 5.74) is 2.37. The monoisotopic (exact) mass is 289 g/mol. The van der Waals surface area contributed by atoms with Gasteiger partial charge in [0.15, 0.2) is 0 Å². The molecule has 0 radical (unpaired) electrons. The topological polar surface area (TPSA) is 72.0 Å². The SMILES string of the molecule is C[C@H]1CCc2cc(S(=O)(=O)Nc3ncccn3)ccc21. The number of anilines is 1. The minimum Gasteiger partial charge on any atom is -0.247 e. The van der Waals surface area contributed by atoms with Crippen molar-refractivity contribution in [3.05, 3.63) is 47.8 Å². The van der Waals surface area contributed by atoms with Crippen molar-refractivity contribution in [2.45, 2.75) is 30.6 Å². The Morgan fingerprint density at radius 1 is 1.25 bits per heavy atom. The molecule has 0 bridgehead atoms. The van der Waals surface area contributed by atoms with Crippen molar-refractivity contribution in [2.24, 2.45) is 0 Å². The van der Waals surface area contributed by atoms with Crippen molar-refractivity contribution in [2.75, 3.05) is 4.72 Å². The second kappa shape index (κ2) is 4.86. The van der Waals surface area contributed by atoms with E-state index in [-0.39, 0.29) is 10.8 Å². The van der Waals surface area contributed by atoms with Crippen LogP contribution in [0.3, 0.4) is 0 Å². The maximum Gasteiger partial charge on any atom is 0.264 e. The molecule has 1 heterocycles. The quantitative estimate of drug-likeness (QED) is 0.941. The Balaban J connectivity index is 1.92. The zero-order valence-corrected chi connectivity index (χ0v) is 11.9. The Bertz CT molecular complexity index is 729. The highest BCUT2D eigenvalue weighted by Crippen LogP contribution is 2.33. The van der Waals surface area contributed by atoms with Gasteiger partial charge in [0.05, 0.1) is 4.90 Å². The third-order valence-electron chi connectivity index (χ3n) is 3.59. The fraction of sp³-hybridized carbons (Fsp3) is 0.286. The standard InChI is InChI=1S/C14H15N3O2S/c1-10-3-4-11-9-12(5-6-13(10)11)20(18,19)17-14-15-7-2-8-16-14/h2,5-10H,3-4H2,1H3,(H,15,16,17)/t10-/m0/s1. The van der Waals surface area contributed by atoms with Crippen LogP contribution in [0.25, 0.3) is 0 Å². The number of fused-ring (bicyclic) bond motifs is 1. The lowest BCUT2D eigenvalue weighted by molar-refractivity contribution is 0.600. The van der Waals surface area contributed by atoms with Gasteiger partial charge >= 0.3 is 0 Å². The highest BCUT2D eigenvalue weighted by Gasteiger charge is 2.22. The zero-order valence-electron chi connectivity index (χ0n) is 11.1. The third-order valence-corrected chi connectivity index (χ3v) is 4.92. The van der Waals surface area contributed by atoms with Gasteiger partial charge in [0.25, 0.3) is 10.0 Å². The van der Waals surface area contributed by atoms with Gasteiger partial charge in [-0.25, -0.2) is 23.1 Å². The molecule has 0 aliphatic heterocycles. The third kappa shape index (κ3) is 2.38. The Morgan fingerprint density at radius 2 is 2.00 bits per heavy atom. The van der Waals surface area contributed by atoms with Gasteiger partial charge in [-0.2, -0.15) is 0 Å². The van der Waals surface area contributed by atoms with Gasteiger partial charge in [0, 0.05) is 12.4 Å². The van der Waals surface area contributed by atoms with Gasteiger partial charge in [0.1, 0.15) is 0 Å². The molecule has 1 aliphatic carbocycles. The van der Waals surface area contributed by atoms with E-state index in [1.165, 1.54) is 18.0 Å². The molecule has 1 aromatic heterocycles. The number of hydrogen-bond donors (Lipinski definition) is 1. The fourth-order valence-electron chi connectivity index (χ4n) is 2.50. The molecule has 0 fully saturated rings. The van der Waals surface area contributed by atoms with Gasteiger partial charge < -0.3 is 0 Å². The van der Waals surface area contributed by atoms with E-state index in [0.717, 1.165) is 18.4 Å². The van der Waals surface area contributed by atoms with E-state index in [1.807, 2.05) is 6.07 Å². The van der Waals surface area contributed by atoms with Crippen LogP contribution >= 0.6 is 0 Å².